The van der Waals surface area contributed by atoms with Crippen molar-refractivity contribution in [1.29, 1.82) is 0 Å². The van der Waals surface area contributed by atoms with Crippen LogP contribution >= 0.6 is 11.8 Å². The minimum absolute atomic E-state index is 0.0375. The molecule has 28 heavy (non-hydrogen) atoms. The summed E-state index contributed by atoms with van der Waals surface area (Å²) in [6.45, 7) is 2.66. The number of carbonyl (C=O) groups is 2. The van der Waals surface area contributed by atoms with E-state index in [0.717, 1.165) is 5.56 Å². The van der Waals surface area contributed by atoms with Crippen molar-refractivity contribution in [2.24, 2.45) is 0 Å². The summed E-state index contributed by atoms with van der Waals surface area (Å²) >= 11 is 0.0776. The van der Waals surface area contributed by atoms with Crippen molar-refractivity contribution in [3.05, 3.63) is 57.3 Å². The van der Waals surface area contributed by atoms with Crippen LogP contribution in [-0.4, -0.2) is 34.1 Å². The average molecular weight is 411 g/mol. The normalized spacial score (nSPS) is 10.6. The van der Waals surface area contributed by atoms with E-state index in [-0.39, 0.29) is 33.7 Å². The smallest absolute Gasteiger partial charge is 0.341 e. The third-order valence-electron chi connectivity index (χ3n) is 3.61. The van der Waals surface area contributed by atoms with Crippen molar-refractivity contribution in [1.82, 2.24) is 4.98 Å². The number of ether oxygens (including phenoxy) is 1. The Bertz CT molecular complexity index is 924. The molecule has 1 aromatic heterocycles. The fraction of sp³-hybridized carbons (Fsp3) is 0.235. The van der Waals surface area contributed by atoms with Gasteiger partial charge >= 0.3 is 5.97 Å². The molecule has 0 radical (unpaired) electrons. The van der Waals surface area contributed by atoms with E-state index in [1.165, 1.54) is 30.5 Å². The molecule has 1 N–H and O–H groups in total. The summed E-state index contributed by atoms with van der Waals surface area (Å²) in [6, 6.07) is 5.36. The second-order valence-electron chi connectivity index (χ2n) is 5.57. The number of hydrogen-bond donors (Lipinski definition) is 1. The molecule has 8 nitrogen and oxygen atoms in total. The predicted octanol–water partition coefficient (Wildman–Crippen LogP) is 3.72. The number of esters is 1. The molecular weight excluding hydrogens is 396 g/mol. The molecule has 0 atom stereocenters. The van der Waals surface area contributed by atoms with Crippen molar-refractivity contribution in [2.45, 2.75) is 24.6 Å². The lowest BCUT2D eigenvalue weighted by atomic mass is 10.1. The number of hydrogen-bond acceptors (Lipinski definition) is 7. The van der Waals surface area contributed by atoms with E-state index in [2.05, 4.69) is 10.3 Å². The Balaban J connectivity index is 2.07. The highest BCUT2D eigenvalue weighted by Crippen LogP contribution is 2.28. The zero-order valence-corrected chi connectivity index (χ0v) is 15.6. The SMILES string of the molecule is Cc1cc(NC(=O)COC(=O)c2cccnc2SC(F)F)c([N+](=O)[O-])cc1C. The lowest BCUT2D eigenvalue weighted by molar-refractivity contribution is -0.384. The number of pyridine rings is 1. The lowest BCUT2D eigenvalue weighted by Gasteiger charge is -2.10. The lowest BCUT2D eigenvalue weighted by Crippen LogP contribution is -2.22. The fourth-order valence-corrected chi connectivity index (χ4v) is 2.74. The first-order valence-electron chi connectivity index (χ1n) is 7.81. The maximum atomic E-state index is 12.5. The zero-order chi connectivity index (χ0) is 20.8. The average Bonchev–Trinajstić information content (AvgIpc) is 2.62. The Hall–Kier alpha value is -3.08. The maximum absolute atomic E-state index is 12.5. The van der Waals surface area contributed by atoms with Gasteiger partial charge in [-0.15, -0.1) is 0 Å². The molecular formula is C17H15F2N3O5S. The second kappa shape index (κ2) is 9.22. The van der Waals surface area contributed by atoms with Crippen LogP contribution in [0.1, 0.15) is 21.5 Å². The van der Waals surface area contributed by atoms with Gasteiger partial charge in [-0.1, -0.05) is 0 Å². The highest BCUT2D eigenvalue weighted by Gasteiger charge is 2.21. The molecule has 2 rings (SSSR count). The molecule has 0 saturated carbocycles. The Morgan fingerprint density at radius 2 is 2.00 bits per heavy atom. The Kier molecular flexibility index (Phi) is 6.99. The third kappa shape index (κ3) is 5.46. The van der Waals surface area contributed by atoms with Gasteiger partial charge in [0.2, 0.25) is 0 Å². The highest BCUT2D eigenvalue weighted by atomic mass is 32.2. The number of amides is 1. The standard InChI is InChI=1S/C17H15F2N3O5S/c1-9-6-12(13(22(25)26)7-10(9)2)21-14(23)8-27-16(24)11-4-3-5-20-15(11)28-17(18)19/h3-7,17H,8H2,1-2H3,(H,21,23). The van der Waals surface area contributed by atoms with E-state index >= 15 is 0 Å². The Morgan fingerprint density at radius 1 is 1.32 bits per heavy atom. The molecule has 148 valence electrons. The van der Waals surface area contributed by atoms with Gasteiger partial charge in [-0.05, 0) is 54.9 Å². The number of alkyl halides is 2. The van der Waals surface area contributed by atoms with Gasteiger partial charge in [-0.3, -0.25) is 14.9 Å². The van der Waals surface area contributed by atoms with Crippen LogP contribution in [0, 0.1) is 24.0 Å². The number of nitro benzene ring substituents is 1. The number of rotatable bonds is 7. The summed E-state index contributed by atoms with van der Waals surface area (Å²) in [7, 11) is 0. The van der Waals surface area contributed by atoms with Crippen LogP contribution in [-0.2, 0) is 9.53 Å². The molecule has 1 aromatic carbocycles. The second-order valence-corrected chi connectivity index (χ2v) is 6.55. The van der Waals surface area contributed by atoms with E-state index in [1.54, 1.807) is 13.8 Å². The van der Waals surface area contributed by atoms with Gasteiger partial charge in [0.05, 0.1) is 10.5 Å². The third-order valence-corrected chi connectivity index (χ3v) is 4.34. The Morgan fingerprint density at radius 3 is 2.64 bits per heavy atom. The molecule has 0 saturated heterocycles. The molecule has 11 heteroatoms. The summed E-state index contributed by atoms with van der Waals surface area (Å²) in [4.78, 5) is 38.3. The number of anilines is 1. The minimum atomic E-state index is -2.78. The summed E-state index contributed by atoms with van der Waals surface area (Å²) in [5, 5.41) is 13.2. The van der Waals surface area contributed by atoms with Crippen molar-refractivity contribution >= 4 is 35.0 Å². The van der Waals surface area contributed by atoms with Crippen LogP contribution in [0.15, 0.2) is 35.5 Å². The number of nitro groups is 1. The number of halogens is 2. The number of aryl methyl sites for hydroxylation is 2. The molecule has 0 bridgehead atoms. The van der Waals surface area contributed by atoms with Gasteiger partial charge in [-0.25, -0.2) is 9.78 Å². The summed E-state index contributed by atoms with van der Waals surface area (Å²) < 4.78 is 29.9. The van der Waals surface area contributed by atoms with Crippen LogP contribution in [0.3, 0.4) is 0 Å². The molecule has 0 unspecified atom stereocenters. The van der Waals surface area contributed by atoms with Crippen LogP contribution in [0.5, 0.6) is 0 Å². The maximum Gasteiger partial charge on any atom is 0.341 e. The van der Waals surface area contributed by atoms with Crippen molar-refractivity contribution in [3.8, 4) is 0 Å². The molecule has 1 amide bonds. The van der Waals surface area contributed by atoms with E-state index in [1.807, 2.05) is 0 Å². The van der Waals surface area contributed by atoms with Crippen molar-refractivity contribution in [3.63, 3.8) is 0 Å². The van der Waals surface area contributed by atoms with Gasteiger partial charge in [0, 0.05) is 12.3 Å². The first-order chi connectivity index (χ1) is 13.2. The van der Waals surface area contributed by atoms with E-state index in [0.29, 0.717) is 5.56 Å². The monoisotopic (exact) mass is 411 g/mol. The van der Waals surface area contributed by atoms with Gasteiger partial charge in [-0.2, -0.15) is 8.78 Å². The molecule has 2 aromatic rings. The number of nitrogens with zero attached hydrogens (tertiary/aromatic N) is 2. The minimum Gasteiger partial charge on any atom is -0.452 e. The van der Waals surface area contributed by atoms with Crippen LogP contribution in [0.25, 0.3) is 0 Å². The first kappa shape index (κ1) is 21.2. The van der Waals surface area contributed by atoms with Crippen LogP contribution < -0.4 is 5.32 Å². The molecule has 0 fully saturated rings. The molecule has 0 aliphatic carbocycles. The fourth-order valence-electron chi connectivity index (χ4n) is 2.17. The number of thioether (sulfide) groups is 1. The quantitative estimate of drug-likeness (QED) is 0.320. The molecule has 0 aliphatic heterocycles. The summed E-state index contributed by atoms with van der Waals surface area (Å²) in [6.07, 6.45) is 1.24. The van der Waals surface area contributed by atoms with Gasteiger partial charge in [0.15, 0.2) is 6.61 Å². The molecule has 1 heterocycles. The highest BCUT2D eigenvalue weighted by molar-refractivity contribution is 7.99. The van der Waals surface area contributed by atoms with Gasteiger partial charge < -0.3 is 10.1 Å². The van der Waals surface area contributed by atoms with E-state index in [4.69, 9.17) is 4.74 Å². The van der Waals surface area contributed by atoms with E-state index < -0.39 is 29.2 Å². The number of nitrogens with one attached hydrogen (secondary N) is 1. The Labute approximate surface area is 162 Å². The predicted molar refractivity (Wildman–Crippen MR) is 97.6 cm³/mol. The van der Waals surface area contributed by atoms with Crippen molar-refractivity contribution < 1.29 is 28.0 Å². The van der Waals surface area contributed by atoms with Crippen LogP contribution in [0.2, 0.25) is 0 Å². The molecule has 0 spiro atoms. The van der Waals surface area contributed by atoms with E-state index in [9.17, 15) is 28.5 Å². The van der Waals surface area contributed by atoms with Crippen molar-refractivity contribution in [2.75, 3.05) is 11.9 Å². The van der Waals surface area contributed by atoms with Gasteiger partial charge in [0.1, 0.15) is 10.7 Å². The number of aromatic nitrogens is 1. The molecule has 0 aliphatic rings. The number of benzene rings is 1. The first-order valence-corrected chi connectivity index (χ1v) is 8.69. The largest absolute Gasteiger partial charge is 0.452 e. The topological polar surface area (TPSA) is 111 Å². The van der Waals surface area contributed by atoms with Gasteiger partial charge in [0.25, 0.3) is 17.4 Å². The zero-order valence-electron chi connectivity index (χ0n) is 14.8. The van der Waals surface area contributed by atoms with Crippen LogP contribution in [0.4, 0.5) is 20.2 Å². The number of carbonyl (C=O) groups excluding carboxylic acids is 2. The summed E-state index contributed by atoms with van der Waals surface area (Å²) in [5.74, 6) is -4.61. The summed E-state index contributed by atoms with van der Waals surface area (Å²) in [5.41, 5.74) is 0.853.